The number of hydrogen-bond acceptors (Lipinski definition) is 4. The molecule has 142 valence electrons. The molecule has 0 radical (unpaired) electrons. The Kier molecular flexibility index (Phi) is 6.91. The number of benzene rings is 1. The lowest BCUT2D eigenvalue weighted by molar-refractivity contribution is -0.131. The largest absolute Gasteiger partial charge is 0.339 e. The van der Waals surface area contributed by atoms with Crippen molar-refractivity contribution < 1.29 is 17.6 Å². The molecule has 0 saturated carbocycles. The summed E-state index contributed by atoms with van der Waals surface area (Å²) in [5.74, 6) is -0.395. The minimum Gasteiger partial charge on any atom is -0.339 e. The lowest BCUT2D eigenvalue weighted by Gasteiger charge is -2.26. The maximum atomic E-state index is 13.0. The van der Waals surface area contributed by atoms with Crippen LogP contribution in [0.3, 0.4) is 0 Å². The number of rotatable bonds is 8. The highest BCUT2D eigenvalue weighted by Crippen LogP contribution is 2.22. The van der Waals surface area contributed by atoms with Gasteiger partial charge in [-0.3, -0.25) is 4.79 Å². The van der Waals surface area contributed by atoms with Crippen LogP contribution in [0.1, 0.15) is 31.4 Å². The van der Waals surface area contributed by atoms with Gasteiger partial charge in [0.15, 0.2) is 0 Å². The van der Waals surface area contributed by atoms with E-state index in [0.29, 0.717) is 10.6 Å². The second-order valence-electron chi connectivity index (χ2n) is 6.09. The van der Waals surface area contributed by atoms with E-state index in [9.17, 15) is 17.6 Å². The zero-order chi connectivity index (χ0) is 19.3. The molecule has 1 atom stereocenters. The summed E-state index contributed by atoms with van der Waals surface area (Å²) in [6.45, 7) is 2.14. The molecule has 0 spiro atoms. The molecule has 1 heterocycles. The highest BCUT2D eigenvalue weighted by atomic mass is 32.2. The predicted molar refractivity (Wildman–Crippen MR) is 101 cm³/mol. The van der Waals surface area contributed by atoms with E-state index in [-0.39, 0.29) is 30.7 Å². The van der Waals surface area contributed by atoms with Gasteiger partial charge in [-0.15, -0.1) is 11.3 Å². The quantitative estimate of drug-likeness (QED) is 0.684. The van der Waals surface area contributed by atoms with Crippen LogP contribution < -0.4 is 0 Å². The first-order chi connectivity index (χ1) is 12.2. The van der Waals surface area contributed by atoms with Gasteiger partial charge in [-0.1, -0.05) is 18.2 Å². The molecule has 0 aliphatic heterocycles. The van der Waals surface area contributed by atoms with Crippen molar-refractivity contribution in [3.63, 3.8) is 0 Å². The highest BCUT2D eigenvalue weighted by molar-refractivity contribution is 7.91. The molecule has 1 unspecified atom stereocenters. The van der Waals surface area contributed by atoms with E-state index in [1.807, 2.05) is 6.92 Å². The van der Waals surface area contributed by atoms with Gasteiger partial charge in [0.1, 0.15) is 10.0 Å². The molecule has 8 heteroatoms. The molecule has 5 nitrogen and oxygen atoms in total. The average Bonchev–Trinajstić information content (AvgIpc) is 3.16. The molecule has 2 aromatic rings. The number of carbonyl (C=O) groups is 1. The zero-order valence-corrected chi connectivity index (χ0v) is 16.7. The molecule has 0 N–H and O–H groups in total. The van der Waals surface area contributed by atoms with Gasteiger partial charge >= 0.3 is 0 Å². The van der Waals surface area contributed by atoms with Gasteiger partial charge in [0.25, 0.3) is 10.0 Å². The van der Waals surface area contributed by atoms with Gasteiger partial charge in [0.05, 0.1) is 6.04 Å². The summed E-state index contributed by atoms with van der Waals surface area (Å²) >= 11 is 1.17. The van der Waals surface area contributed by atoms with Crippen molar-refractivity contribution in [3.8, 4) is 0 Å². The van der Waals surface area contributed by atoms with E-state index >= 15 is 0 Å². The molecule has 0 fully saturated rings. The highest BCUT2D eigenvalue weighted by Gasteiger charge is 2.22. The number of nitrogens with zero attached hydrogens (tertiary/aromatic N) is 2. The minimum atomic E-state index is -3.49. The molecule has 0 aliphatic carbocycles. The van der Waals surface area contributed by atoms with Crippen LogP contribution in [0, 0.1) is 5.82 Å². The first-order valence-corrected chi connectivity index (χ1v) is 10.6. The molecular formula is C18H23FN2O3S2. The first-order valence-electron chi connectivity index (χ1n) is 8.24. The normalized spacial score (nSPS) is 13.0. The van der Waals surface area contributed by atoms with Crippen molar-refractivity contribution in [2.75, 3.05) is 20.6 Å². The van der Waals surface area contributed by atoms with Crippen molar-refractivity contribution in [1.82, 2.24) is 9.21 Å². The summed E-state index contributed by atoms with van der Waals surface area (Å²) in [5, 5.41) is 1.72. The fourth-order valence-corrected chi connectivity index (χ4v) is 4.90. The van der Waals surface area contributed by atoms with Crippen molar-refractivity contribution in [1.29, 1.82) is 0 Å². The van der Waals surface area contributed by atoms with Gasteiger partial charge in [0.2, 0.25) is 5.91 Å². The Balaban J connectivity index is 1.87. The molecule has 1 amide bonds. The van der Waals surface area contributed by atoms with Crippen molar-refractivity contribution in [2.24, 2.45) is 0 Å². The number of hydrogen-bond donors (Lipinski definition) is 0. The van der Waals surface area contributed by atoms with Gasteiger partial charge < -0.3 is 4.90 Å². The van der Waals surface area contributed by atoms with Crippen LogP contribution in [-0.2, 0) is 14.8 Å². The van der Waals surface area contributed by atoms with E-state index in [1.54, 1.807) is 41.6 Å². The van der Waals surface area contributed by atoms with Crippen molar-refractivity contribution in [2.45, 2.75) is 30.0 Å². The summed E-state index contributed by atoms with van der Waals surface area (Å²) < 4.78 is 39.3. The Hall–Kier alpha value is -1.77. The Morgan fingerprint density at radius 1 is 1.19 bits per heavy atom. The minimum absolute atomic E-state index is 0.0799. The molecule has 0 aliphatic rings. The third kappa shape index (κ3) is 4.90. The van der Waals surface area contributed by atoms with Gasteiger partial charge in [-0.25, -0.2) is 17.1 Å². The first kappa shape index (κ1) is 20.5. The number of thiophene rings is 1. The summed E-state index contributed by atoms with van der Waals surface area (Å²) in [6.07, 6.45) is 0.673. The maximum Gasteiger partial charge on any atom is 0.252 e. The maximum absolute atomic E-state index is 13.0. The fraction of sp³-hybridized carbons (Fsp3) is 0.389. The average molecular weight is 399 g/mol. The molecular weight excluding hydrogens is 375 g/mol. The predicted octanol–water partition coefficient (Wildman–Crippen LogP) is 3.51. The number of sulfonamides is 1. The molecule has 2 rings (SSSR count). The molecule has 1 aromatic heterocycles. The van der Waals surface area contributed by atoms with Crippen LogP contribution in [-0.4, -0.2) is 44.2 Å². The van der Waals surface area contributed by atoms with Crippen molar-refractivity contribution >= 4 is 27.3 Å². The molecule has 1 aromatic carbocycles. The van der Waals surface area contributed by atoms with Crippen LogP contribution in [0.15, 0.2) is 46.0 Å². The molecule has 0 saturated heterocycles. The van der Waals surface area contributed by atoms with E-state index in [1.165, 1.54) is 34.8 Å². The topological polar surface area (TPSA) is 57.7 Å². The number of carbonyl (C=O) groups excluding carboxylic acids is 1. The van der Waals surface area contributed by atoms with Gasteiger partial charge in [-0.2, -0.15) is 0 Å². The fourth-order valence-electron chi connectivity index (χ4n) is 2.49. The third-order valence-corrected chi connectivity index (χ3v) is 7.58. The smallest absolute Gasteiger partial charge is 0.252 e. The lowest BCUT2D eigenvalue weighted by Crippen LogP contribution is -2.31. The monoisotopic (exact) mass is 398 g/mol. The van der Waals surface area contributed by atoms with Crippen LogP contribution in [0.5, 0.6) is 0 Å². The van der Waals surface area contributed by atoms with E-state index in [0.717, 1.165) is 5.56 Å². The van der Waals surface area contributed by atoms with E-state index in [2.05, 4.69) is 0 Å². The number of amides is 1. The van der Waals surface area contributed by atoms with Crippen LogP contribution in [0.2, 0.25) is 0 Å². The van der Waals surface area contributed by atoms with Crippen molar-refractivity contribution in [3.05, 3.63) is 53.2 Å². The molecule has 26 heavy (non-hydrogen) atoms. The van der Waals surface area contributed by atoms with Gasteiger partial charge in [0, 0.05) is 27.1 Å². The second-order valence-corrected chi connectivity index (χ2v) is 9.31. The Morgan fingerprint density at radius 3 is 2.42 bits per heavy atom. The summed E-state index contributed by atoms with van der Waals surface area (Å²) in [7, 11) is -0.271. The summed E-state index contributed by atoms with van der Waals surface area (Å²) in [6, 6.07) is 9.13. The Bertz CT molecular complexity index is 821. The summed E-state index contributed by atoms with van der Waals surface area (Å²) in [4.78, 5) is 14.0. The third-order valence-electron chi connectivity index (χ3n) is 4.35. The lowest BCUT2D eigenvalue weighted by atomic mass is 10.1. The van der Waals surface area contributed by atoms with Crippen LogP contribution >= 0.6 is 11.3 Å². The number of halogens is 1. The Morgan fingerprint density at radius 2 is 1.85 bits per heavy atom. The standard InChI is InChI=1S/C18H23FN2O3S2/c1-14(15-8-10-16(19)11-9-15)21(3)17(22)6-4-12-20(2)26(23,24)18-7-5-13-25-18/h5,7-11,13-14H,4,6,12H2,1-3H3. The van der Waals surface area contributed by atoms with Crippen LogP contribution in [0.4, 0.5) is 4.39 Å². The van der Waals surface area contributed by atoms with Gasteiger partial charge in [-0.05, 0) is 42.5 Å². The summed E-state index contributed by atoms with van der Waals surface area (Å²) in [5.41, 5.74) is 0.847. The second kappa shape index (κ2) is 8.75. The molecule has 0 bridgehead atoms. The Labute approximate surface area is 158 Å². The van der Waals surface area contributed by atoms with E-state index in [4.69, 9.17) is 0 Å². The zero-order valence-electron chi connectivity index (χ0n) is 15.1. The van der Waals surface area contributed by atoms with Crippen LogP contribution in [0.25, 0.3) is 0 Å². The SMILES string of the molecule is CC(c1ccc(F)cc1)N(C)C(=O)CCCN(C)S(=O)(=O)c1cccs1. The van der Waals surface area contributed by atoms with E-state index < -0.39 is 10.0 Å².